The molecule has 0 atom stereocenters. The van der Waals surface area contributed by atoms with E-state index in [1.165, 1.54) is 0 Å². The molecular formula is C17H24N4O5. The lowest BCUT2D eigenvalue weighted by Gasteiger charge is -2.39. The number of ether oxygens (including phenoxy) is 1. The van der Waals surface area contributed by atoms with Gasteiger partial charge in [0.15, 0.2) is 0 Å². The summed E-state index contributed by atoms with van der Waals surface area (Å²) in [5.41, 5.74) is 4.40. The third kappa shape index (κ3) is 3.02. The molecule has 2 saturated heterocycles. The number of likely N-dealkylation sites (tertiary alicyclic amines) is 1. The summed E-state index contributed by atoms with van der Waals surface area (Å²) in [5, 5.41) is 2.56. The first-order chi connectivity index (χ1) is 12.0. The van der Waals surface area contributed by atoms with Gasteiger partial charge < -0.3 is 20.7 Å². The van der Waals surface area contributed by atoms with E-state index in [2.05, 4.69) is 5.32 Å². The van der Waals surface area contributed by atoms with E-state index in [1.54, 1.807) is 25.7 Å². The molecule has 0 saturated carbocycles. The number of urea groups is 1. The van der Waals surface area contributed by atoms with Crippen molar-refractivity contribution in [3.63, 3.8) is 0 Å². The van der Waals surface area contributed by atoms with E-state index < -0.39 is 29.0 Å². The predicted molar refractivity (Wildman–Crippen MR) is 90.5 cm³/mol. The molecule has 0 unspecified atom stereocenters. The lowest BCUT2D eigenvalue weighted by atomic mass is 9.86. The average Bonchev–Trinajstić information content (AvgIpc) is 2.97. The lowest BCUT2D eigenvalue weighted by Crippen LogP contribution is -2.50. The number of hydrogen-bond donors (Lipinski definition) is 2. The van der Waals surface area contributed by atoms with Crippen LogP contribution in [0.25, 0.3) is 0 Å². The van der Waals surface area contributed by atoms with Crippen LogP contribution in [0.15, 0.2) is 11.3 Å². The zero-order chi connectivity index (χ0) is 19.3. The minimum Gasteiger partial charge on any atom is -0.491 e. The van der Waals surface area contributed by atoms with Gasteiger partial charge in [-0.25, -0.2) is 4.79 Å². The minimum absolute atomic E-state index is 0.272. The number of nitrogens with two attached hydrogens (primary N) is 1. The van der Waals surface area contributed by atoms with E-state index in [0.717, 1.165) is 4.90 Å². The van der Waals surface area contributed by atoms with Crippen molar-refractivity contribution in [2.24, 2.45) is 5.73 Å². The second-order valence-corrected chi connectivity index (χ2v) is 7.69. The Balaban J connectivity index is 1.58. The van der Waals surface area contributed by atoms with Crippen LogP contribution in [0.3, 0.4) is 0 Å². The maximum Gasteiger partial charge on any atom is 0.325 e. The van der Waals surface area contributed by atoms with E-state index in [4.69, 9.17) is 10.5 Å². The molecule has 0 aromatic heterocycles. The molecule has 142 valence electrons. The Kier molecular flexibility index (Phi) is 4.20. The number of piperidine rings is 1. The molecule has 0 aromatic rings. The van der Waals surface area contributed by atoms with Gasteiger partial charge in [0.25, 0.3) is 5.91 Å². The highest BCUT2D eigenvalue weighted by Gasteiger charge is 2.47. The van der Waals surface area contributed by atoms with E-state index >= 15 is 0 Å². The van der Waals surface area contributed by atoms with Crippen LogP contribution in [0.2, 0.25) is 0 Å². The Morgan fingerprint density at radius 1 is 1.23 bits per heavy atom. The summed E-state index contributed by atoms with van der Waals surface area (Å²) in [5.74, 6) is -0.605. The zero-order valence-corrected chi connectivity index (χ0v) is 15.3. The zero-order valence-electron chi connectivity index (χ0n) is 15.3. The van der Waals surface area contributed by atoms with Gasteiger partial charge in [-0.15, -0.1) is 0 Å². The van der Waals surface area contributed by atoms with Gasteiger partial charge in [-0.3, -0.25) is 19.3 Å². The Bertz CT molecular complexity index is 719. The Labute approximate surface area is 151 Å². The monoisotopic (exact) mass is 364 g/mol. The van der Waals surface area contributed by atoms with E-state index in [9.17, 15) is 19.2 Å². The van der Waals surface area contributed by atoms with Gasteiger partial charge in [-0.05, 0) is 20.8 Å². The molecule has 26 heavy (non-hydrogen) atoms. The van der Waals surface area contributed by atoms with Gasteiger partial charge >= 0.3 is 6.03 Å². The van der Waals surface area contributed by atoms with Crippen LogP contribution in [-0.2, 0) is 19.1 Å². The van der Waals surface area contributed by atoms with Gasteiger partial charge in [0.05, 0.1) is 5.57 Å². The molecule has 3 heterocycles. The number of nitrogens with zero attached hydrogens (tertiary/aromatic N) is 2. The number of carbonyl (C=O) groups excluding carboxylic acids is 4. The third-order valence-electron chi connectivity index (χ3n) is 5.36. The van der Waals surface area contributed by atoms with Crippen molar-refractivity contribution in [2.75, 3.05) is 19.6 Å². The highest BCUT2D eigenvalue weighted by molar-refractivity contribution is 6.08. The normalized spacial score (nSPS) is 24.1. The first-order valence-corrected chi connectivity index (χ1v) is 8.65. The molecule has 0 aliphatic carbocycles. The summed E-state index contributed by atoms with van der Waals surface area (Å²) >= 11 is 0. The fraction of sp³-hybridized carbons (Fsp3) is 0.647. The fourth-order valence-electron chi connectivity index (χ4n) is 3.77. The highest BCUT2D eigenvalue weighted by Crippen LogP contribution is 2.41. The number of hydrogen-bond acceptors (Lipinski definition) is 5. The molecule has 9 heteroatoms. The molecule has 1 spiro atoms. The molecule has 0 aromatic carbocycles. The lowest BCUT2D eigenvalue weighted by molar-refractivity contribution is -0.141. The first kappa shape index (κ1) is 18.2. The highest BCUT2D eigenvalue weighted by atomic mass is 16.5. The van der Waals surface area contributed by atoms with E-state index in [-0.39, 0.29) is 12.5 Å². The maximum absolute atomic E-state index is 12.5. The van der Waals surface area contributed by atoms with Crippen LogP contribution in [0.1, 0.15) is 40.0 Å². The quantitative estimate of drug-likeness (QED) is 0.675. The number of carbonyl (C=O) groups is 4. The topological polar surface area (TPSA) is 122 Å². The summed E-state index contributed by atoms with van der Waals surface area (Å²) in [6.45, 7) is 5.53. The van der Waals surface area contributed by atoms with Crippen LogP contribution < -0.4 is 11.1 Å². The first-order valence-electron chi connectivity index (χ1n) is 8.65. The number of amides is 5. The van der Waals surface area contributed by atoms with E-state index in [0.29, 0.717) is 43.7 Å². The summed E-state index contributed by atoms with van der Waals surface area (Å²) in [7, 11) is 0. The molecule has 3 rings (SSSR count). The van der Waals surface area contributed by atoms with Crippen molar-refractivity contribution in [2.45, 2.75) is 51.2 Å². The number of allylic oxidation sites excluding steroid dienone is 1. The van der Waals surface area contributed by atoms with Crippen LogP contribution >= 0.6 is 0 Å². The standard InChI is InChI=1S/C17H24N4O5/c1-10-11(13(18)23)8-17(26-10)4-6-20(7-5-17)12(22)9-21-14(24)16(2,3)19-15(21)25/h4-9H2,1-3H3,(H2,18,23)(H,19,25). The van der Waals surface area contributed by atoms with Crippen molar-refractivity contribution < 1.29 is 23.9 Å². The fourth-order valence-corrected chi connectivity index (χ4v) is 3.77. The molecule has 9 nitrogen and oxygen atoms in total. The maximum atomic E-state index is 12.5. The van der Waals surface area contributed by atoms with E-state index in [1.807, 2.05) is 0 Å². The molecule has 2 fully saturated rings. The number of imide groups is 1. The van der Waals surface area contributed by atoms with Crippen molar-refractivity contribution in [1.29, 1.82) is 0 Å². The summed E-state index contributed by atoms with van der Waals surface area (Å²) in [4.78, 5) is 50.7. The second kappa shape index (κ2) is 6.00. The van der Waals surface area contributed by atoms with Crippen molar-refractivity contribution in [3.05, 3.63) is 11.3 Å². The molecule has 3 aliphatic heterocycles. The second-order valence-electron chi connectivity index (χ2n) is 7.69. The molecular weight excluding hydrogens is 340 g/mol. The third-order valence-corrected chi connectivity index (χ3v) is 5.36. The van der Waals surface area contributed by atoms with Gasteiger partial charge in [-0.1, -0.05) is 0 Å². The van der Waals surface area contributed by atoms with Crippen molar-refractivity contribution >= 4 is 23.8 Å². The van der Waals surface area contributed by atoms with Crippen LogP contribution in [-0.4, -0.2) is 64.3 Å². The molecule has 5 amide bonds. The number of nitrogens with one attached hydrogen (secondary N) is 1. The SMILES string of the molecule is CC1=C(C(N)=O)CC2(CCN(C(=O)CN3C(=O)NC(C)(C)C3=O)CC2)O1. The molecule has 3 N–H and O–H groups in total. The average molecular weight is 364 g/mol. The summed E-state index contributed by atoms with van der Waals surface area (Å²) in [6.07, 6.45) is 1.59. The molecule has 3 aliphatic rings. The van der Waals surface area contributed by atoms with Crippen molar-refractivity contribution in [3.8, 4) is 0 Å². The Morgan fingerprint density at radius 3 is 2.31 bits per heavy atom. The Hall–Kier alpha value is -2.58. The summed E-state index contributed by atoms with van der Waals surface area (Å²) in [6, 6.07) is -0.549. The van der Waals surface area contributed by atoms with Crippen LogP contribution in [0.5, 0.6) is 0 Å². The van der Waals surface area contributed by atoms with Gasteiger partial charge in [0.1, 0.15) is 23.4 Å². The predicted octanol–water partition coefficient (Wildman–Crippen LogP) is -0.142. The van der Waals surface area contributed by atoms with Crippen molar-refractivity contribution in [1.82, 2.24) is 15.1 Å². The number of rotatable bonds is 3. The molecule has 0 radical (unpaired) electrons. The van der Waals surface area contributed by atoms with Gasteiger partial charge in [0.2, 0.25) is 11.8 Å². The van der Waals surface area contributed by atoms with Gasteiger partial charge in [-0.2, -0.15) is 0 Å². The smallest absolute Gasteiger partial charge is 0.325 e. The minimum atomic E-state index is -0.991. The van der Waals surface area contributed by atoms with Gasteiger partial charge in [0, 0.05) is 32.4 Å². The van der Waals surface area contributed by atoms with Crippen LogP contribution in [0.4, 0.5) is 4.79 Å². The number of primary amides is 1. The summed E-state index contributed by atoms with van der Waals surface area (Å²) < 4.78 is 5.90. The largest absolute Gasteiger partial charge is 0.491 e. The molecule has 0 bridgehead atoms. The Morgan fingerprint density at radius 2 is 1.85 bits per heavy atom. The van der Waals surface area contributed by atoms with Crippen LogP contribution in [0, 0.1) is 0 Å².